The maximum atomic E-state index is 13.9. The molecule has 4 rings (SSSR count). The molecule has 1 heterocycles. The van der Waals surface area contributed by atoms with E-state index in [0.717, 1.165) is 30.4 Å². The van der Waals surface area contributed by atoms with Crippen molar-refractivity contribution in [1.29, 1.82) is 0 Å². The number of amides is 1. The Labute approximate surface area is 208 Å². The lowest BCUT2D eigenvalue weighted by atomic mass is 9.89. The molecule has 0 saturated heterocycles. The monoisotopic (exact) mass is 492 g/mol. The summed E-state index contributed by atoms with van der Waals surface area (Å²) in [5, 5.41) is 5.69. The van der Waals surface area contributed by atoms with Crippen LogP contribution >= 0.6 is 0 Å². The predicted octanol–water partition coefficient (Wildman–Crippen LogP) is 4.87. The van der Waals surface area contributed by atoms with Gasteiger partial charge in [0.2, 0.25) is 5.95 Å². The molecule has 1 fully saturated rings. The number of nitrogens with one attached hydrogen (secondary N) is 2. The summed E-state index contributed by atoms with van der Waals surface area (Å²) in [5.74, 6) is 6.60. The normalized spacial score (nSPS) is 19.6. The number of benzene rings is 1. The van der Waals surface area contributed by atoms with E-state index in [1.807, 2.05) is 12.1 Å². The number of aromatic nitrogens is 2. The number of carbonyl (C=O) groups is 1. The molecule has 1 aromatic carbocycles. The summed E-state index contributed by atoms with van der Waals surface area (Å²) < 4.78 is 39.6. The number of halogens is 3. The van der Waals surface area contributed by atoms with Gasteiger partial charge in [-0.3, -0.25) is 4.79 Å². The van der Waals surface area contributed by atoms with Crippen LogP contribution in [0.15, 0.2) is 67.0 Å². The number of allylic oxidation sites excluding steroid dienone is 2. The lowest BCUT2D eigenvalue weighted by molar-refractivity contribution is 0.0703. The first-order chi connectivity index (χ1) is 17.4. The Morgan fingerprint density at radius 2 is 1.97 bits per heavy atom. The summed E-state index contributed by atoms with van der Waals surface area (Å²) in [4.78, 5) is 21.4. The van der Waals surface area contributed by atoms with Crippen LogP contribution in [-0.2, 0) is 6.42 Å². The molecule has 8 heteroatoms. The molecule has 0 radical (unpaired) electrons. The topological polar surface area (TPSA) is 66.9 Å². The van der Waals surface area contributed by atoms with Crippen molar-refractivity contribution in [1.82, 2.24) is 15.3 Å². The molecule has 2 aromatic rings. The van der Waals surface area contributed by atoms with Crippen LogP contribution in [0.5, 0.6) is 0 Å². The van der Waals surface area contributed by atoms with Gasteiger partial charge in [0.05, 0.1) is 11.6 Å². The van der Waals surface area contributed by atoms with Crippen LogP contribution in [0.2, 0.25) is 0 Å². The molecule has 36 heavy (non-hydrogen) atoms. The van der Waals surface area contributed by atoms with E-state index in [0.29, 0.717) is 23.0 Å². The zero-order chi connectivity index (χ0) is 25.7. The predicted molar refractivity (Wildman–Crippen MR) is 133 cm³/mol. The molecule has 3 atom stereocenters. The summed E-state index contributed by atoms with van der Waals surface area (Å²) in [5.41, 5.74) is 2.73. The van der Waals surface area contributed by atoms with Crippen LogP contribution in [0.4, 0.5) is 19.1 Å². The van der Waals surface area contributed by atoms with E-state index in [2.05, 4.69) is 39.0 Å². The second kappa shape index (κ2) is 11.3. The minimum atomic E-state index is -3.14. The Kier molecular flexibility index (Phi) is 7.89. The van der Waals surface area contributed by atoms with Crippen molar-refractivity contribution >= 4 is 11.9 Å². The molecule has 2 N–H and O–H groups in total. The molecule has 5 nitrogen and oxygen atoms in total. The van der Waals surface area contributed by atoms with Crippen molar-refractivity contribution in [3.05, 3.63) is 89.3 Å². The van der Waals surface area contributed by atoms with Gasteiger partial charge in [-0.2, -0.15) is 0 Å². The summed E-state index contributed by atoms with van der Waals surface area (Å²) in [6.07, 6.45) is 6.65. The first-order valence-corrected chi connectivity index (χ1v) is 11.8. The average Bonchev–Trinajstić information content (AvgIpc) is 3.71. The standard InChI is InChI=1S/C28H27F3N4O/c1-3-19-8-10-21(25(29)26(30)31)14-24(19)35-27(36)22-11-9-20(23(13-22)12-17-4-5-17)7-6-18-15-33-28(32-2)34-16-18/h3,8-11,13-17,19,24-26H,1,4-5,12H2,2H3,(H,35,36)(H,32,33,34). The summed E-state index contributed by atoms with van der Waals surface area (Å²) in [6, 6.07) is 4.63. The first-order valence-electron chi connectivity index (χ1n) is 11.8. The van der Waals surface area contributed by atoms with Gasteiger partial charge < -0.3 is 10.6 Å². The van der Waals surface area contributed by atoms with Gasteiger partial charge >= 0.3 is 0 Å². The van der Waals surface area contributed by atoms with Crippen LogP contribution in [0.3, 0.4) is 0 Å². The fraction of sp³-hybridized carbons (Fsp3) is 0.321. The van der Waals surface area contributed by atoms with Gasteiger partial charge in [0.25, 0.3) is 12.3 Å². The van der Waals surface area contributed by atoms with Gasteiger partial charge in [-0.15, -0.1) is 6.58 Å². The second-order valence-electron chi connectivity index (χ2n) is 8.89. The quantitative estimate of drug-likeness (QED) is 0.408. The molecule has 2 aliphatic rings. The van der Waals surface area contributed by atoms with E-state index in [-0.39, 0.29) is 17.4 Å². The minimum Gasteiger partial charge on any atom is -0.357 e. The van der Waals surface area contributed by atoms with E-state index in [1.54, 1.807) is 37.7 Å². The number of carbonyl (C=O) groups excluding carboxylic acids is 1. The van der Waals surface area contributed by atoms with Gasteiger partial charge in [-0.05, 0) is 54.5 Å². The average molecular weight is 493 g/mol. The van der Waals surface area contributed by atoms with Crippen LogP contribution < -0.4 is 10.6 Å². The van der Waals surface area contributed by atoms with Crippen molar-refractivity contribution in [2.75, 3.05) is 12.4 Å². The lowest BCUT2D eigenvalue weighted by Gasteiger charge is -2.26. The van der Waals surface area contributed by atoms with E-state index in [9.17, 15) is 18.0 Å². The van der Waals surface area contributed by atoms with Gasteiger partial charge in [-0.25, -0.2) is 23.1 Å². The first kappa shape index (κ1) is 25.2. The largest absolute Gasteiger partial charge is 0.357 e. The second-order valence-corrected chi connectivity index (χ2v) is 8.89. The highest BCUT2D eigenvalue weighted by atomic mass is 19.3. The Morgan fingerprint density at radius 1 is 1.22 bits per heavy atom. The third-order valence-corrected chi connectivity index (χ3v) is 6.20. The number of rotatable bonds is 8. The number of hydrogen-bond acceptors (Lipinski definition) is 4. The van der Waals surface area contributed by atoms with Crippen molar-refractivity contribution in [2.24, 2.45) is 11.8 Å². The summed E-state index contributed by atoms with van der Waals surface area (Å²) in [7, 11) is 1.74. The summed E-state index contributed by atoms with van der Waals surface area (Å²) in [6.45, 7) is 3.74. The van der Waals surface area contributed by atoms with E-state index >= 15 is 0 Å². The maximum absolute atomic E-state index is 13.9. The molecule has 1 saturated carbocycles. The van der Waals surface area contributed by atoms with Crippen LogP contribution in [0, 0.1) is 23.7 Å². The van der Waals surface area contributed by atoms with E-state index < -0.39 is 18.6 Å². The summed E-state index contributed by atoms with van der Waals surface area (Å²) >= 11 is 0. The van der Waals surface area contributed by atoms with Crippen LogP contribution in [0.25, 0.3) is 0 Å². The fourth-order valence-electron chi connectivity index (χ4n) is 3.96. The van der Waals surface area contributed by atoms with Crippen molar-refractivity contribution in [3.8, 4) is 11.8 Å². The zero-order valence-corrected chi connectivity index (χ0v) is 19.8. The highest BCUT2D eigenvalue weighted by Gasteiger charge is 2.29. The number of hydrogen-bond donors (Lipinski definition) is 2. The number of anilines is 1. The molecule has 1 aromatic heterocycles. The molecule has 0 spiro atoms. The van der Waals surface area contributed by atoms with Gasteiger partial charge in [-0.1, -0.05) is 36.1 Å². The SMILES string of the molecule is C=CC1C=CC(C(F)C(F)F)=CC1NC(=O)c1ccc(C#Cc2cnc(NC)nc2)c(CC2CC2)c1. The number of nitrogens with zero attached hydrogens (tertiary/aromatic N) is 2. The highest BCUT2D eigenvalue weighted by molar-refractivity contribution is 5.95. The fourth-order valence-corrected chi connectivity index (χ4v) is 3.96. The van der Waals surface area contributed by atoms with Crippen molar-refractivity contribution in [2.45, 2.75) is 37.9 Å². The molecular formula is C28H27F3N4O. The van der Waals surface area contributed by atoms with Gasteiger partial charge in [0.1, 0.15) is 0 Å². The highest BCUT2D eigenvalue weighted by Crippen LogP contribution is 2.34. The molecule has 1 amide bonds. The minimum absolute atomic E-state index is 0.153. The molecule has 186 valence electrons. The van der Waals surface area contributed by atoms with Crippen LogP contribution in [0.1, 0.15) is 39.9 Å². The van der Waals surface area contributed by atoms with E-state index in [1.165, 1.54) is 12.2 Å². The van der Waals surface area contributed by atoms with Crippen molar-refractivity contribution in [3.63, 3.8) is 0 Å². The molecule has 3 unspecified atom stereocenters. The van der Waals surface area contributed by atoms with Crippen LogP contribution in [-0.4, -0.2) is 41.6 Å². The Balaban J connectivity index is 1.55. The number of alkyl halides is 3. The maximum Gasteiger partial charge on any atom is 0.273 e. The third kappa shape index (κ3) is 6.22. The zero-order valence-electron chi connectivity index (χ0n) is 19.8. The molecule has 2 aliphatic carbocycles. The lowest BCUT2D eigenvalue weighted by Crippen LogP contribution is -2.39. The van der Waals surface area contributed by atoms with E-state index in [4.69, 9.17) is 0 Å². The smallest absolute Gasteiger partial charge is 0.273 e. The third-order valence-electron chi connectivity index (χ3n) is 6.20. The molecular weight excluding hydrogens is 465 g/mol. The Bertz CT molecular complexity index is 1240. The van der Waals surface area contributed by atoms with Crippen molar-refractivity contribution < 1.29 is 18.0 Å². The Morgan fingerprint density at radius 3 is 2.61 bits per heavy atom. The molecule has 0 bridgehead atoms. The Hall–Kier alpha value is -3.86. The molecule has 0 aliphatic heterocycles. The van der Waals surface area contributed by atoms with Gasteiger partial charge in [0.15, 0.2) is 6.17 Å². The van der Waals surface area contributed by atoms with Gasteiger partial charge in [0, 0.05) is 36.5 Å².